The highest BCUT2D eigenvalue weighted by atomic mass is 32.2. The van der Waals surface area contributed by atoms with Crippen LogP contribution >= 0.6 is 11.3 Å². The molecule has 1 unspecified atom stereocenters. The number of nitrogens with one attached hydrogen (secondary N) is 1. The van der Waals surface area contributed by atoms with Gasteiger partial charge in [-0.1, -0.05) is 17.7 Å². The van der Waals surface area contributed by atoms with Crippen molar-refractivity contribution in [3.05, 3.63) is 41.4 Å². The SMILES string of the molecule is Cc1ccc(S(=O)(=O)NCC2CCCN(c3nccs3)C2)cc1. The number of hydrogen-bond acceptors (Lipinski definition) is 5. The van der Waals surface area contributed by atoms with Crippen LogP contribution in [-0.4, -0.2) is 33.0 Å². The Morgan fingerprint density at radius 3 is 2.83 bits per heavy atom. The summed E-state index contributed by atoms with van der Waals surface area (Å²) in [6.07, 6.45) is 3.92. The van der Waals surface area contributed by atoms with Crippen molar-refractivity contribution in [2.45, 2.75) is 24.7 Å². The highest BCUT2D eigenvalue weighted by Gasteiger charge is 2.23. The third-order valence-electron chi connectivity index (χ3n) is 4.10. The highest BCUT2D eigenvalue weighted by Crippen LogP contribution is 2.24. The first-order chi connectivity index (χ1) is 11.0. The quantitative estimate of drug-likeness (QED) is 0.899. The minimum absolute atomic E-state index is 0.313. The van der Waals surface area contributed by atoms with Crippen molar-refractivity contribution in [2.24, 2.45) is 5.92 Å². The summed E-state index contributed by atoms with van der Waals surface area (Å²) in [7, 11) is -3.43. The predicted octanol–water partition coefficient (Wildman–Crippen LogP) is 2.65. The molecule has 1 N–H and O–H groups in total. The smallest absolute Gasteiger partial charge is 0.240 e. The van der Waals surface area contributed by atoms with Gasteiger partial charge < -0.3 is 4.90 Å². The minimum Gasteiger partial charge on any atom is -0.348 e. The first kappa shape index (κ1) is 16.4. The Labute approximate surface area is 141 Å². The first-order valence-electron chi connectivity index (χ1n) is 7.75. The maximum absolute atomic E-state index is 12.4. The largest absolute Gasteiger partial charge is 0.348 e. The van der Waals surface area contributed by atoms with E-state index in [0.29, 0.717) is 17.4 Å². The van der Waals surface area contributed by atoms with E-state index in [-0.39, 0.29) is 0 Å². The van der Waals surface area contributed by atoms with Crippen LogP contribution in [0, 0.1) is 12.8 Å². The summed E-state index contributed by atoms with van der Waals surface area (Å²) in [4.78, 5) is 6.92. The molecule has 1 aliphatic rings. The molecule has 7 heteroatoms. The Hall–Kier alpha value is -1.44. The van der Waals surface area contributed by atoms with Crippen molar-refractivity contribution in [3.63, 3.8) is 0 Å². The summed E-state index contributed by atoms with van der Waals surface area (Å²) in [5, 5.41) is 3.00. The molecule has 1 saturated heterocycles. The molecule has 23 heavy (non-hydrogen) atoms. The van der Waals surface area contributed by atoms with E-state index in [1.165, 1.54) is 0 Å². The Kier molecular flexibility index (Phi) is 4.99. The van der Waals surface area contributed by atoms with Crippen molar-refractivity contribution < 1.29 is 8.42 Å². The van der Waals surface area contributed by atoms with E-state index in [1.807, 2.05) is 30.6 Å². The lowest BCUT2D eigenvalue weighted by atomic mass is 9.99. The standard InChI is InChI=1S/C16H21N3O2S2/c1-13-4-6-15(7-5-13)23(20,21)18-11-14-3-2-9-19(12-14)16-17-8-10-22-16/h4-8,10,14,18H,2-3,9,11-12H2,1H3. The molecule has 3 rings (SSSR count). The van der Waals surface area contributed by atoms with Crippen LogP contribution < -0.4 is 9.62 Å². The molecule has 1 aliphatic heterocycles. The fourth-order valence-electron chi connectivity index (χ4n) is 2.81. The lowest BCUT2D eigenvalue weighted by Crippen LogP contribution is -2.41. The number of hydrogen-bond donors (Lipinski definition) is 1. The Bertz CT molecular complexity index is 727. The maximum atomic E-state index is 12.4. The van der Waals surface area contributed by atoms with Gasteiger partial charge in [-0.2, -0.15) is 0 Å². The van der Waals surface area contributed by atoms with Crippen LogP contribution in [0.2, 0.25) is 0 Å². The number of anilines is 1. The summed E-state index contributed by atoms with van der Waals surface area (Å²) in [5.41, 5.74) is 1.05. The molecule has 0 spiro atoms. The molecule has 1 aromatic carbocycles. The Balaban J connectivity index is 1.60. The normalized spacial score (nSPS) is 19.0. The molecule has 0 aliphatic carbocycles. The number of nitrogens with zero attached hydrogens (tertiary/aromatic N) is 2. The van der Waals surface area contributed by atoms with Crippen LogP contribution in [0.15, 0.2) is 40.7 Å². The minimum atomic E-state index is -3.43. The lowest BCUT2D eigenvalue weighted by molar-refractivity contribution is 0.410. The van der Waals surface area contributed by atoms with E-state index in [1.54, 1.807) is 23.5 Å². The van der Waals surface area contributed by atoms with Crippen LogP contribution in [0.5, 0.6) is 0 Å². The average molecular weight is 351 g/mol. The number of aryl methyl sites for hydroxylation is 1. The molecular formula is C16H21N3O2S2. The third-order valence-corrected chi connectivity index (χ3v) is 6.37. The number of sulfonamides is 1. The molecule has 2 heterocycles. The molecule has 1 fully saturated rings. The van der Waals surface area contributed by atoms with Gasteiger partial charge >= 0.3 is 0 Å². The van der Waals surface area contributed by atoms with Gasteiger partial charge in [0.25, 0.3) is 0 Å². The first-order valence-corrected chi connectivity index (χ1v) is 10.1. The van der Waals surface area contributed by atoms with Gasteiger partial charge in [0.15, 0.2) is 5.13 Å². The molecule has 1 aromatic heterocycles. The second kappa shape index (κ2) is 6.98. The fourth-order valence-corrected chi connectivity index (χ4v) is 4.60. The van der Waals surface area contributed by atoms with Crippen molar-refractivity contribution in [1.82, 2.24) is 9.71 Å². The summed E-state index contributed by atoms with van der Waals surface area (Å²) in [5.74, 6) is 0.313. The number of thiazole rings is 1. The van der Waals surface area contributed by atoms with Crippen molar-refractivity contribution in [3.8, 4) is 0 Å². The topological polar surface area (TPSA) is 62.3 Å². The lowest BCUT2D eigenvalue weighted by Gasteiger charge is -2.32. The van der Waals surface area contributed by atoms with Gasteiger partial charge in [0.1, 0.15) is 0 Å². The molecule has 0 saturated carbocycles. The molecule has 0 amide bonds. The highest BCUT2D eigenvalue weighted by molar-refractivity contribution is 7.89. The van der Waals surface area contributed by atoms with Crippen molar-refractivity contribution in [1.29, 1.82) is 0 Å². The third kappa shape index (κ3) is 4.10. The molecular weight excluding hydrogens is 330 g/mol. The predicted molar refractivity (Wildman–Crippen MR) is 93.4 cm³/mol. The van der Waals surface area contributed by atoms with Gasteiger partial charge in [-0.05, 0) is 37.8 Å². The molecule has 5 nitrogen and oxygen atoms in total. The molecule has 1 atom stereocenters. The zero-order valence-electron chi connectivity index (χ0n) is 13.1. The maximum Gasteiger partial charge on any atom is 0.240 e. The molecule has 124 valence electrons. The van der Waals surface area contributed by atoms with Gasteiger partial charge in [-0.3, -0.25) is 0 Å². The summed E-state index contributed by atoms with van der Waals surface area (Å²) < 4.78 is 27.5. The van der Waals surface area contributed by atoms with E-state index in [2.05, 4.69) is 14.6 Å². The number of rotatable bonds is 5. The Morgan fingerprint density at radius 1 is 1.35 bits per heavy atom. The van der Waals surface area contributed by atoms with Crippen molar-refractivity contribution >= 4 is 26.5 Å². The zero-order chi connectivity index (χ0) is 16.3. The van der Waals surface area contributed by atoms with Gasteiger partial charge in [-0.25, -0.2) is 18.1 Å². The Morgan fingerprint density at radius 2 is 2.13 bits per heavy atom. The van der Waals surface area contributed by atoms with E-state index in [0.717, 1.165) is 36.6 Å². The van der Waals surface area contributed by atoms with Crippen LogP contribution in [0.4, 0.5) is 5.13 Å². The average Bonchev–Trinajstić information content (AvgIpc) is 3.08. The van der Waals surface area contributed by atoms with E-state index < -0.39 is 10.0 Å². The summed E-state index contributed by atoms with van der Waals surface area (Å²) in [6, 6.07) is 6.94. The van der Waals surface area contributed by atoms with E-state index in [9.17, 15) is 8.42 Å². The second-order valence-electron chi connectivity index (χ2n) is 5.93. The van der Waals surface area contributed by atoms with Gasteiger partial charge in [0.2, 0.25) is 10.0 Å². The van der Waals surface area contributed by atoms with E-state index in [4.69, 9.17) is 0 Å². The fraction of sp³-hybridized carbons (Fsp3) is 0.438. The van der Waals surface area contributed by atoms with Crippen LogP contribution in [0.3, 0.4) is 0 Å². The van der Waals surface area contributed by atoms with E-state index >= 15 is 0 Å². The molecule has 2 aromatic rings. The van der Waals surface area contributed by atoms with Crippen LogP contribution in [0.25, 0.3) is 0 Å². The van der Waals surface area contributed by atoms with Gasteiger partial charge in [-0.15, -0.1) is 11.3 Å². The monoisotopic (exact) mass is 351 g/mol. The number of piperidine rings is 1. The number of benzene rings is 1. The van der Waals surface area contributed by atoms with Crippen LogP contribution in [-0.2, 0) is 10.0 Å². The second-order valence-corrected chi connectivity index (χ2v) is 8.57. The van der Waals surface area contributed by atoms with Gasteiger partial charge in [0, 0.05) is 31.2 Å². The summed E-state index contributed by atoms with van der Waals surface area (Å²) >= 11 is 1.63. The zero-order valence-corrected chi connectivity index (χ0v) is 14.7. The summed E-state index contributed by atoms with van der Waals surface area (Å²) in [6.45, 7) is 4.26. The van der Waals surface area contributed by atoms with Crippen LogP contribution in [0.1, 0.15) is 18.4 Å². The number of aromatic nitrogens is 1. The molecule has 0 bridgehead atoms. The van der Waals surface area contributed by atoms with Gasteiger partial charge in [0.05, 0.1) is 4.90 Å². The molecule has 0 radical (unpaired) electrons. The van der Waals surface area contributed by atoms with Crippen molar-refractivity contribution in [2.75, 3.05) is 24.5 Å².